The first-order valence-electron chi connectivity index (χ1n) is 4.51. The van der Waals surface area contributed by atoms with Crippen molar-refractivity contribution in [3.8, 4) is 0 Å². The van der Waals surface area contributed by atoms with Crippen molar-refractivity contribution in [1.29, 1.82) is 0 Å². The zero-order valence-corrected chi connectivity index (χ0v) is 7.80. The summed E-state index contributed by atoms with van der Waals surface area (Å²) in [4.78, 5) is 7.92. The summed E-state index contributed by atoms with van der Waals surface area (Å²) in [7, 11) is 0. The average molecular weight is 188 g/mol. The van der Waals surface area contributed by atoms with Crippen LogP contribution in [0, 0.1) is 0 Å². The van der Waals surface area contributed by atoms with Gasteiger partial charge in [0.25, 0.3) is 0 Å². The molecule has 0 fully saturated rings. The van der Waals surface area contributed by atoms with E-state index in [1.54, 1.807) is 18.7 Å². The molecule has 2 aromatic heterocycles. The molecule has 0 bridgehead atoms. The summed E-state index contributed by atoms with van der Waals surface area (Å²) in [6, 6.07) is 4.03. The summed E-state index contributed by atoms with van der Waals surface area (Å²) in [5.41, 5.74) is 6.78. The van der Waals surface area contributed by atoms with Crippen LogP contribution in [0.5, 0.6) is 0 Å². The van der Waals surface area contributed by atoms with Crippen molar-refractivity contribution in [2.75, 3.05) is 5.73 Å². The molecule has 0 amide bonds. The molecule has 4 heteroatoms. The van der Waals surface area contributed by atoms with Gasteiger partial charge in [0.05, 0.1) is 6.33 Å². The molecule has 0 spiro atoms. The molecule has 72 valence electrons. The Hall–Kier alpha value is -1.84. The predicted octanol–water partition coefficient (Wildman–Crippen LogP) is 1.10. The first-order chi connectivity index (χ1) is 6.84. The van der Waals surface area contributed by atoms with Crippen LogP contribution in [-0.4, -0.2) is 14.5 Å². The van der Waals surface area contributed by atoms with E-state index in [0.29, 0.717) is 5.82 Å². The van der Waals surface area contributed by atoms with Gasteiger partial charge in [-0.25, -0.2) is 4.98 Å². The maximum absolute atomic E-state index is 5.51. The molecule has 0 aliphatic rings. The Morgan fingerprint density at radius 3 is 2.71 bits per heavy atom. The number of aromatic nitrogens is 3. The SMILES string of the molecule is Nc1cn(CCc2ccncc2)cn1. The minimum atomic E-state index is 0.569. The van der Waals surface area contributed by atoms with Gasteiger partial charge in [-0.3, -0.25) is 4.98 Å². The van der Waals surface area contributed by atoms with Crippen LogP contribution >= 0.6 is 0 Å². The second-order valence-corrected chi connectivity index (χ2v) is 3.14. The van der Waals surface area contributed by atoms with Gasteiger partial charge in [-0.15, -0.1) is 0 Å². The monoisotopic (exact) mass is 188 g/mol. The zero-order chi connectivity index (χ0) is 9.80. The van der Waals surface area contributed by atoms with Gasteiger partial charge in [0.1, 0.15) is 5.82 Å². The maximum atomic E-state index is 5.51. The molecule has 0 saturated carbocycles. The largest absolute Gasteiger partial charge is 0.382 e. The van der Waals surface area contributed by atoms with Crippen LogP contribution in [0.25, 0.3) is 0 Å². The second kappa shape index (κ2) is 3.91. The Kier molecular flexibility index (Phi) is 2.44. The lowest BCUT2D eigenvalue weighted by Gasteiger charge is -2.01. The molecule has 0 aliphatic carbocycles. The number of pyridine rings is 1. The second-order valence-electron chi connectivity index (χ2n) is 3.14. The van der Waals surface area contributed by atoms with Crippen molar-refractivity contribution in [3.05, 3.63) is 42.6 Å². The Morgan fingerprint density at radius 2 is 2.07 bits per heavy atom. The van der Waals surface area contributed by atoms with E-state index in [4.69, 9.17) is 5.73 Å². The molecule has 2 aromatic rings. The highest BCUT2D eigenvalue weighted by Crippen LogP contribution is 2.02. The van der Waals surface area contributed by atoms with E-state index < -0.39 is 0 Å². The van der Waals surface area contributed by atoms with Crippen molar-refractivity contribution < 1.29 is 0 Å². The summed E-state index contributed by atoms with van der Waals surface area (Å²) >= 11 is 0. The molecule has 2 N–H and O–H groups in total. The molecular formula is C10H12N4. The maximum Gasteiger partial charge on any atom is 0.141 e. The molecule has 0 saturated heterocycles. The van der Waals surface area contributed by atoms with Crippen LogP contribution < -0.4 is 5.73 Å². The average Bonchev–Trinajstić information content (AvgIpc) is 2.63. The zero-order valence-electron chi connectivity index (χ0n) is 7.80. The lowest BCUT2D eigenvalue weighted by Crippen LogP contribution is -1.98. The number of nitrogens with zero attached hydrogens (tertiary/aromatic N) is 3. The van der Waals surface area contributed by atoms with E-state index in [0.717, 1.165) is 13.0 Å². The molecule has 0 aromatic carbocycles. The van der Waals surface area contributed by atoms with E-state index in [-0.39, 0.29) is 0 Å². The van der Waals surface area contributed by atoms with Gasteiger partial charge in [0, 0.05) is 25.1 Å². The fourth-order valence-corrected chi connectivity index (χ4v) is 1.31. The Bertz CT molecular complexity index is 394. The van der Waals surface area contributed by atoms with E-state index in [1.165, 1.54) is 5.56 Å². The minimum Gasteiger partial charge on any atom is -0.382 e. The first kappa shape index (κ1) is 8.74. The fraction of sp³-hybridized carbons (Fsp3) is 0.200. The third-order valence-corrected chi connectivity index (χ3v) is 2.06. The van der Waals surface area contributed by atoms with Crippen molar-refractivity contribution in [3.63, 3.8) is 0 Å². The smallest absolute Gasteiger partial charge is 0.141 e. The number of anilines is 1. The number of nitrogens with two attached hydrogens (primary N) is 1. The number of nitrogen functional groups attached to an aromatic ring is 1. The summed E-state index contributed by atoms with van der Waals surface area (Å²) in [6.45, 7) is 0.897. The van der Waals surface area contributed by atoms with Gasteiger partial charge in [0.2, 0.25) is 0 Å². The van der Waals surface area contributed by atoms with Gasteiger partial charge in [-0.1, -0.05) is 0 Å². The van der Waals surface area contributed by atoms with E-state index in [2.05, 4.69) is 9.97 Å². The topological polar surface area (TPSA) is 56.7 Å². The number of aryl methyl sites for hydroxylation is 2. The Balaban J connectivity index is 1.95. The van der Waals surface area contributed by atoms with E-state index >= 15 is 0 Å². The van der Waals surface area contributed by atoms with Gasteiger partial charge in [-0.05, 0) is 24.1 Å². The van der Waals surface area contributed by atoms with Gasteiger partial charge in [-0.2, -0.15) is 0 Å². The van der Waals surface area contributed by atoms with Crippen LogP contribution in [-0.2, 0) is 13.0 Å². The molecule has 0 unspecified atom stereocenters. The Morgan fingerprint density at radius 1 is 1.29 bits per heavy atom. The van der Waals surface area contributed by atoms with Crippen LogP contribution in [0.1, 0.15) is 5.56 Å². The standard InChI is InChI=1S/C10H12N4/c11-10-7-14(8-13-10)6-3-9-1-4-12-5-2-9/h1-2,4-5,7-8H,3,6,11H2. The first-order valence-corrected chi connectivity index (χ1v) is 4.51. The minimum absolute atomic E-state index is 0.569. The number of imidazole rings is 1. The highest BCUT2D eigenvalue weighted by atomic mass is 15.1. The lowest BCUT2D eigenvalue weighted by atomic mass is 10.2. The molecule has 14 heavy (non-hydrogen) atoms. The third-order valence-electron chi connectivity index (χ3n) is 2.06. The molecule has 2 heterocycles. The summed E-state index contributed by atoms with van der Waals surface area (Å²) in [5.74, 6) is 0.569. The molecule has 4 nitrogen and oxygen atoms in total. The van der Waals surface area contributed by atoms with Crippen molar-refractivity contribution >= 4 is 5.82 Å². The number of rotatable bonds is 3. The van der Waals surface area contributed by atoms with Crippen LogP contribution in [0.15, 0.2) is 37.1 Å². The molecular weight excluding hydrogens is 176 g/mol. The van der Waals surface area contributed by atoms with Crippen LogP contribution in [0.2, 0.25) is 0 Å². The molecule has 0 atom stereocenters. The van der Waals surface area contributed by atoms with Gasteiger partial charge in [0.15, 0.2) is 0 Å². The van der Waals surface area contributed by atoms with Crippen molar-refractivity contribution in [2.24, 2.45) is 0 Å². The van der Waals surface area contributed by atoms with Gasteiger partial charge < -0.3 is 10.3 Å². The molecule has 0 radical (unpaired) electrons. The van der Waals surface area contributed by atoms with Crippen LogP contribution in [0.3, 0.4) is 0 Å². The predicted molar refractivity (Wildman–Crippen MR) is 54.6 cm³/mol. The Labute approximate surface area is 82.4 Å². The van der Waals surface area contributed by atoms with Crippen molar-refractivity contribution in [2.45, 2.75) is 13.0 Å². The fourth-order valence-electron chi connectivity index (χ4n) is 1.31. The lowest BCUT2D eigenvalue weighted by molar-refractivity contribution is 0.695. The van der Waals surface area contributed by atoms with E-state index in [1.807, 2.05) is 22.9 Å². The quantitative estimate of drug-likeness (QED) is 0.784. The van der Waals surface area contributed by atoms with Crippen LogP contribution in [0.4, 0.5) is 5.82 Å². The highest BCUT2D eigenvalue weighted by molar-refractivity contribution is 5.22. The van der Waals surface area contributed by atoms with Gasteiger partial charge >= 0.3 is 0 Å². The van der Waals surface area contributed by atoms with E-state index in [9.17, 15) is 0 Å². The summed E-state index contributed by atoms with van der Waals surface area (Å²) < 4.78 is 1.98. The summed E-state index contributed by atoms with van der Waals surface area (Å²) in [5, 5.41) is 0. The summed E-state index contributed by atoms with van der Waals surface area (Å²) in [6.07, 6.45) is 8.16. The molecule has 2 rings (SSSR count). The number of hydrogen-bond acceptors (Lipinski definition) is 3. The third kappa shape index (κ3) is 2.10. The highest BCUT2D eigenvalue weighted by Gasteiger charge is 1.95. The number of hydrogen-bond donors (Lipinski definition) is 1. The normalized spacial score (nSPS) is 10.3. The van der Waals surface area contributed by atoms with Crippen molar-refractivity contribution in [1.82, 2.24) is 14.5 Å². The molecule has 0 aliphatic heterocycles.